The third-order valence-electron chi connectivity index (χ3n) is 6.72. The van der Waals surface area contributed by atoms with E-state index in [-0.39, 0.29) is 10.5 Å². The van der Waals surface area contributed by atoms with Crippen LogP contribution in [-0.4, -0.2) is 30.8 Å². The maximum atomic E-state index is 13.1. The molecule has 158 valence electrons. The second kappa shape index (κ2) is 7.71. The number of hydrogen-bond acceptors (Lipinski definition) is 4. The first-order chi connectivity index (χ1) is 14.5. The summed E-state index contributed by atoms with van der Waals surface area (Å²) in [4.78, 5) is 14.1. The van der Waals surface area contributed by atoms with Gasteiger partial charge in [0.25, 0.3) is 0 Å². The minimum absolute atomic E-state index is 0.181. The number of piperidine rings is 1. The zero-order chi connectivity index (χ0) is 20.7. The van der Waals surface area contributed by atoms with Gasteiger partial charge in [-0.3, -0.25) is 4.98 Å². The van der Waals surface area contributed by atoms with E-state index in [4.69, 9.17) is 4.42 Å². The molecule has 0 bridgehead atoms. The molecule has 1 N–H and O–H groups in total. The Kier molecular flexibility index (Phi) is 5.03. The van der Waals surface area contributed by atoms with Crippen LogP contribution < -0.4 is 5.76 Å². The summed E-state index contributed by atoms with van der Waals surface area (Å²) in [6, 6.07) is 13.3. The monoisotopic (exact) mass is 426 g/mol. The van der Waals surface area contributed by atoms with E-state index in [0.29, 0.717) is 30.4 Å². The Morgan fingerprint density at radius 3 is 2.57 bits per heavy atom. The molecule has 5 rings (SSSR count). The molecule has 0 spiro atoms. The zero-order valence-corrected chi connectivity index (χ0v) is 17.7. The van der Waals surface area contributed by atoms with Crippen molar-refractivity contribution in [3.8, 4) is 0 Å². The lowest BCUT2D eigenvalue weighted by atomic mass is 9.77. The van der Waals surface area contributed by atoms with Crippen molar-refractivity contribution in [3.05, 3.63) is 64.1 Å². The van der Waals surface area contributed by atoms with E-state index in [1.54, 1.807) is 10.4 Å². The fourth-order valence-electron chi connectivity index (χ4n) is 5.07. The number of sulfonamides is 1. The van der Waals surface area contributed by atoms with Gasteiger partial charge in [0.15, 0.2) is 5.58 Å². The lowest BCUT2D eigenvalue weighted by molar-refractivity contribution is 0.229. The van der Waals surface area contributed by atoms with Crippen LogP contribution in [0.3, 0.4) is 0 Å². The average molecular weight is 427 g/mol. The predicted octanol–water partition coefficient (Wildman–Crippen LogP) is 3.72. The van der Waals surface area contributed by atoms with Crippen LogP contribution in [0.4, 0.5) is 0 Å². The largest absolute Gasteiger partial charge is 0.417 e. The van der Waals surface area contributed by atoms with E-state index >= 15 is 0 Å². The summed E-state index contributed by atoms with van der Waals surface area (Å²) in [5.74, 6) is 0.703. The fraction of sp³-hybridized carbons (Fsp3) is 0.435. The van der Waals surface area contributed by atoms with Crippen molar-refractivity contribution in [2.24, 2.45) is 11.8 Å². The number of aromatic amines is 1. The number of hydrogen-bond donors (Lipinski definition) is 1. The second-order valence-corrected chi connectivity index (χ2v) is 10.6. The van der Waals surface area contributed by atoms with E-state index in [1.165, 1.54) is 36.1 Å². The molecule has 1 fully saturated rings. The number of aromatic nitrogens is 1. The van der Waals surface area contributed by atoms with Crippen LogP contribution >= 0.6 is 0 Å². The van der Waals surface area contributed by atoms with Gasteiger partial charge in [-0.1, -0.05) is 24.3 Å². The van der Waals surface area contributed by atoms with Crippen LogP contribution in [0.1, 0.15) is 36.8 Å². The van der Waals surface area contributed by atoms with Crippen molar-refractivity contribution in [3.63, 3.8) is 0 Å². The Balaban J connectivity index is 1.22. The third kappa shape index (κ3) is 3.72. The van der Waals surface area contributed by atoms with Gasteiger partial charge in [0.05, 0.1) is 10.4 Å². The highest BCUT2D eigenvalue weighted by Crippen LogP contribution is 2.34. The van der Waals surface area contributed by atoms with Crippen LogP contribution in [0.2, 0.25) is 0 Å². The van der Waals surface area contributed by atoms with Crippen LogP contribution in [-0.2, 0) is 22.9 Å². The molecule has 3 aromatic rings. The van der Waals surface area contributed by atoms with E-state index in [9.17, 15) is 13.2 Å². The van der Waals surface area contributed by atoms with Gasteiger partial charge < -0.3 is 4.42 Å². The van der Waals surface area contributed by atoms with Gasteiger partial charge in [-0.05, 0) is 73.6 Å². The Morgan fingerprint density at radius 2 is 1.77 bits per heavy atom. The van der Waals surface area contributed by atoms with Crippen LogP contribution in [0.15, 0.2) is 56.6 Å². The minimum atomic E-state index is -3.58. The predicted molar refractivity (Wildman–Crippen MR) is 115 cm³/mol. The number of fused-ring (bicyclic) bond motifs is 2. The van der Waals surface area contributed by atoms with E-state index in [0.717, 1.165) is 25.7 Å². The average Bonchev–Trinajstić information content (AvgIpc) is 3.13. The minimum Gasteiger partial charge on any atom is -0.408 e. The number of oxazole rings is 1. The quantitative estimate of drug-likeness (QED) is 0.689. The van der Waals surface area contributed by atoms with Crippen molar-refractivity contribution in [2.75, 3.05) is 13.1 Å². The molecule has 1 atom stereocenters. The molecule has 1 aliphatic heterocycles. The van der Waals surface area contributed by atoms with Crippen molar-refractivity contribution in [1.82, 2.24) is 9.29 Å². The molecule has 1 aromatic heterocycles. The molecule has 0 saturated carbocycles. The molecule has 0 radical (unpaired) electrons. The summed E-state index contributed by atoms with van der Waals surface area (Å²) in [5.41, 5.74) is 3.76. The molecule has 7 heteroatoms. The highest BCUT2D eigenvalue weighted by Gasteiger charge is 2.31. The highest BCUT2D eigenvalue weighted by atomic mass is 32.2. The maximum absolute atomic E-state index is 13.1. The van der Waals surface area contributed by atoms with Crippen molar-refractivity contribution in [2.45, 2.75) is 43.4 Å². The molecule has 2 heterocycles. The number of H-pyrrole nitrogens is 1. The Morgan fingerprint density at radius 1 is 1.00 bits per heavy atom. The van der Waals surface area contributed by atoms with Crippen molar-refractivity contribution < 1.29 is 12.8 Å². The summed E-state index contributed by atoms with van der Waals surface area (Å²) in [7, 11) is -3.58. The summed E-state index contributed by atoms with van der Waals surface area (Å²) >= 11 is 0. The molecule has 1 saturated heterocycles. The lowest BCUT2D eigenvalue weighted by Gasteiger charge is -2.34. The lowest BCUT2D eigenvalue weighted by Crippen LogP contribution is -2.39. The van der Waals surface area contributed by atoms with Gasteiger partial charge in [-0.25, -0.2) is 13.2 Å². The number of nitrogens with zero attached hydrogens (tertiary/aromatic N) is 1. The van der Waals surface area contributed by atoms with E-state index < -0.39 is 15.8 Å². The number of aryl methyl sites for hydroxylation is 1. The van der Waals surface area contributed by atoms with Gasteiger partial charge in [-0.2, -0.15) is 4.31 Å². The summed E-state index contributed by atoms with van der Waals surface area (Å²) in [5, 5.41) is 0. The fourth-order valence-corrected chi connectivity index (χ4v) is 6.55. The smallest absolute Gasteiger partial charge is 0.408 e. The molecule has 0 amide bonds. The Labute approximate surface area is 176 Å². The maximum Gasteiger partial charge on any atom is 0.417 e. The van der Waals surface area contributed by atoms with E-state index in [2.05, 4.69) is 29.2 Å². The molecule has 6 nitrogen and oxygen atoms in total. The molecule has 1 unspecified atom stereocenters. The Hall–Kier alpha value is -2.38. The van der Waals surface area contributed by atoms with Crippen molar-refractivity contribution >= 4 is 21.1 Å². The van der Waals surface area contributed by atoms with Gasteiger partial charge in [0.1, 0.15) is 0 Å². The van der Waals surface area contributed by atoms with Crippen LogP contribution in [0, 0.1) is 11.8 Å². The number of rotatable bonds is 4. The summed E-state index contributed by atoms with van der Waals surface area (Å²) in [6.07, 6.45) is 6.53. The standard InChI is InChI=1S/C23H26N2O4S/c26-23-24-21-8-7-20(15-22(21)29-23)30(27,28)25-11-9-16(10-12-25)13-17-5-6-18-3-1-2-4-19(18)14-17/h1-4,7-8,15-17H,5-6,9-14H2,(H,24,26). The first kappa shape index (κ1) is 19.6. The topological polar surface area (TPSA) is 83.4 Å². The SMILES string of the molecule is O=c1[nH]c2ccc(S(=O)(=O)N3CCC(CC4CCc5ccccc5C4)CC3)cc2o1. The molecule has 2 aromatic carbocycles. The molecule has 30 heavy (non-hydrogen) atoms. The first-order valence-electron chi connectivity index (χ1n) is 10.7. The number of nitrogens with one attached hydrogen (secondary N) is 1. The second-order valence-electron chi connectivity index (χ2n) is 8.63. The number of benzene rings is 2. The first-order valence-corrected chi connectivity index (χ1v) is 12.1. The van der Waals surface area contributed by atoms with Crippen LogP contribution in [0.5, 0.6) is 0 Å². The van der Waals surface area contributed by atoms with Gasteiger partial charge in [0.2, 0.25) is 10.0 Å². The summed E-state index contributed by atoms with van der Waals surface area (Å²) in [6.45, 7) is 1.09. The third-order valence-corrected chi connectivity index (χ3v) is 8.61. The Bertz CT molecular complexity index is 1220. The van der Waals surface area contributed by atoms with Crippen LogP contribution in [0.25, 0.3) is 11.1 Å². The summed E-state index contributed by atoms with van der Waals surface area (Å²) < 4.78 is 32.7. The highest BCUT2D eigenvalue weighted by molar-refractivity contribution is 7.89. The van der Waals surface area contributed by atoms with Crippen molar-refractivity contribution in [1.29, 1.82) is 0 Å². The zero-order valence-electron chi connectivity index (χ0n) is 16.8. The van der Waals surface area contributed by atoms with Gasteiger partial charge in [0, 0.05) is 19.2 Å². The molecule has 1 aliphatic carbocycles. The van der Waals surface area contributed by atoms with Gasteiger partial charge >= 0.3 is 5.76 Å². The van der Waals surface area contributed by atoms with E-state index in [1.807, 2.05) is 0 Å². The molecular formula is C23H26N2O4S. The molecule has 2 aliphatic rings. The van der Waals surface area contributed by atoms with Gasteiger partial charge in [-0.15, -0.1) is 0 Å². The molecular weight excluding hydrogens is 400 g/mol. The normalized spacial score (nSPS) is 21.0.